The fourth-order valence-corrected chi connectivity index (χ4v) is 1.67. The van der Waals surface area contributed by atoms with Gasteiger partial charge in [-0.3, -0.25) is 5.84 Å². The maximum atomic E-state index is 5.80. The molecule has 0 aromatic rings. The molecule has 0 radical (unpaired) electrons. The maximum Gasteiger partial charge on any atom is 0.0241 e. The highest BCUT2D eigenvalue weighted by Gasteiger charge is 2.17. The second kappa shape index (κ2) is 3.94. The summed E-state index contributed by atoms with van der Waals surface area (Å²) in [6.45, 7) is 3.33. The van der Waals surface area contributed by atoms with Gasteiger partial charge in [-0.2, -0.15) is 0 Å². The van der Waals surface area contributed by atoms with Crippen molar-refractivity contribution in [1.82, 2.24) is 5.01 Å². The SMILES string of the molecule is CCCC1CCCCN1N. The summed E-state index contributed by atoms with van der Waals surface area (Å²) in [5.74, 6) is 5.80. The minimum atomic E-state index is 0.679. The van der Waals surface area contributed by atoms with E-state index in [1.807, 2.05) is 5.01 Å². The molecule has 0 spiro atoms. The average molecular weight is 142 g/mol. The number of hydrogen-bond acceptors (Lipinski definition) is 2. The Hall–Kier alpha value is -0.0800. The van der Waals surface area contributed by atoms with Gasteiger partial charge in [0, 0.05) is 12.6 Å². The molecular formula is C8H18N2. The smallest absolute Gasteiger partial charge is 0.0241 e. The van der Waals surface area contributed by atoms with E-state index in [1.165, 1.54) is 32.1 Å². The van der Waals surface area contributed by atoms with Crippen molar-refractivity contribution in [2.75, 3.05) is 6.54 Å². The largest absolute Gasteiger partial charge is 0.269 e. The van der Waals surface area contributed by atoms with Crippen LogP contribution in [-0.4, -0.2) is 17.6 Å². The van der Waals surface area contributed by atoms with Crippen LogP contribution >= 0.6 is 0 Å². The van der Waals surface area contributed by atoms with Crippen molar-refractivity contribution in [1.29, 1.82) is 0 Å². The Kier molecular flexibility index (Phi) is 3.16. The standard InChI is InChI=1S/C8H18N2/c1-2-5-8-6-3-4-7-10(8)9/h8H,2-7,9H2,1H3. The van der Waals surface area contributed by atoms with Crippen molar-refractivity contribution < 1.29 is 0 Å². The van der Waals surface area contributed by atoms with Gasteiger partial charge in [-0.25, -0.2) is 5.01 Å². The van der Waals surface area contributed by atoms with Crippen LogP contribution in [0.15, 0.2) is 0 Å². The van der Waals surface area contributed by atoms with Gasteiger partial charge in [-0.15, -0.1) is 0 Å². The third kappa shape index (κ3) is 1.96. The van der Waals surface area contributed by atoms with E-state index >= 15 is 0 Å². The number of hydrazine groups is 1. The molecule has 0 aromatic heterocycles. The number of nitrogens with two attached hydrogens (primary N) is 1. The van der Waals surface area contributed by atoms with Crippen LogP contribution in [0.5, 0.6) is 0 Å². The Morgan fingerprint density at radius 3 is 2.90 bits per heavy atom. The van der Waals surface area contributed by atoms with E-state index in [9.17, 15) is 0 Å². The van der Waals surface area contributed by atoms with Gasteiger partial charge in [0.2, 0.25) is 0 Å². The monoisotopic (exact) mass is 142 g/mol. The zero-order valence-corrected chi connectivity index (χ0v) is 6.84. The average Bonchev–Trinajstić information content (AvgIpc) is 1.94. The number of hydrogen-bond donors (Lipinski definition) is 1. The molecule has 1 saturated heterocycles. The summed E-state index contributed by atoms with van der Waals surface area (Å²) in [5.41, 5.74) is 0. The molecule has 1 unspecified atom stereocenters. The molecule has 1 rings (SSSR count). The molecule has 2 N–H and O–H groups in total. The topological polar surface area (TPSA) is 29.3 Å². The minimum absolute atomic E-state index is 0.679. The van der Waals surface area contributed by atoms with Crippen LogP contribution in [-0.2, 0) is 0 Å². The van der Waals surface area contributed by atoms with Gasteiger partial charge < -0.3 is 0 Å². The fraction of sp³-hybridized carbons (Fsp3) is 1.00. The molecule has 2 nitrogen and oxygen atoms in total. The van der Waals surface area contributed by atoms with Gasteiger partial charge in [-0.1, -0.05) is 19.8 Å². The first-order chi connectivity index (χ1) is 4.84. The molecular weight excluding hydrogens is 124 g/mol. The number of rotatable bonds is 2. The molecule has 1 fully saturated rings. The maximum absolute atomic E-state index is 5.80. The Morgan fingerprint density at radius 1 is 1.50 bits per heavy atom. The highest BCUT2D eigenvalue weighted by atomic mass is 15.4. The summed E-state index contributed by atoms with van der Waals surface area (Å²) in [5, 5.41) is 2.02. The van der Waals surface area contributed by atoms with Crippen molar-refractivity contribution in [3.63, 3.8) is 0 Å². The van der Waals surface area contributed by atoms with Crippen molar-refractivity contribution >= 4 is 0 Å². The normalized spacial score (nSPS) is 28.8. The summed E-state index contributed by atoms with van der Waals surface area (Å²) < 4.78 is 0. The molecule has 0 aliphatic carbocycles. The van der Waals surface area contributed by atoms with Crippen LogP contribution in [0, 0.1) is 0 Å². The van der Waals surface area contributed by atoms with Gasteiger partial charge >= 0.3 is 0 Å². The highest BCUT2D eigenvalue weighted by molar-refractivity contribution is 4.71. The van der Waals surface area contributed by atoms with Crippen LogP contribution < -0.4 is 5.84 Å². The summed E-state index contributed by atoms with van der Waals surface area (Å²) >= 11 is 0. The van der Waals surface area contributed by atoms with Gasteiger partial charge in [0.15, 0.2) is 0 Å². The first kappa shape index (κ1) is 8.02. The van der Waals surface area contributed by atoms with Crippen LogP contribution in [0.1, 0.15) is 39.0 Å². The van der Waals surface area contributed by atoms with E-state index in [4.69, 9.17) is 5.84 Å². The third-order valence-electron chi connectivity index (χ3n) is 2.29. The van der Waals surface area contributed by atoms with E-state index in [-0.39, 0.29) is 0 Å². The van der Waals surface area contributed by atoms with Crippen LogP contribution in [0.2, 0.25) is 0 Å². The molecule has 1 aliphatic rings. The van der Waals surface area contributed by atoms with Gasteiger partial charge in [0.1, 0.15) is 0 Å². The lowest BCUT2D eigenvalue weighted by Gasteiger charge is -2.31. The fourth-order valence-electron chi connectivity index (χ4n) is 1.67. The lowest BCUT2D eigenvalue weighted by molar-refractivity contribution is 0.142. The summed E-state index contributed by atoms with van der Waals surface area (Å²) in [4.78, 5) is 0. The van der Waals surface area contributed by atoms with Crippen LogP contribution in [0.25, 0.3) is 0 Å². The van der Waals surface area contributed by atoms with Gasteiger partial charge in [0.25, 0.3) is 0 Å². The molecule has 10 heavy (non-hydrogen) atoms. The van der Waals surface area contributed by atoms with Crippen molar-refractivity contribution in [2.45, 2.75) is 45.1 Å². The zero-order chi connectivity index (χ0) is 7.40. The third-order valence-corrected chi connectivity index (χ3v) is 2.29. The predicted octanol–water partition coefficient (Wildman–Crippen LogP) is 1.51. The second-order valence-corrected chi connectivity index (χ2v) is 3.18. The summed E-state index contributed by atoms with van der Waals surface area (Å²) in [6, 6.07) is 0.679. The Balaban J connectivity index is 2.25. The molecule has 0 aromatic carbocycles. The lowest BCUT2D eigenvalue weighted by Crippen LogP contribution is -2.44. The quantitative estimate of drug-likeness (QED) is 0.592. The van der Waals surface area contributed by atoms with E-state index in [0.29, 0.717) is 6.04 Å². The van der Waals surface area contributed by atoms with E-state index < -0.39 is 0 Å². The Morgan fingerprint density at radius 2 is 2.30 bits per heavy atom. The first-order valence-corrected chi connectivity index (χ1v) is 4.36. The molecule has 0 amide bonds. The molecule has 2 heteroatoms. The predicted molar refractivity (Wildman–Crippen MR) is 43.4 cm³/mol. The van der Waals surface area contributed by atoms with Crippen molar-refractivity contribution in [3.8, 4) is 0 Å². The summed E-state index contributed by atoms with van der Waals surface area (Å²) in [7, 11) is 0. The summed E-state index contributed by atoms with van der Waals surface area (Å²) in [6.07, 6.45) is 6.51. The Labute approximate surface area is 63.4 Å². The molecule has 0 saturated carbocycles. The van der Waals surface area contributed by atoms with E-state index in [1.54, 1.807) is 0 Å². The highest BCUT2D eigenvalue weighted by Crippen LogP contribution is 2.16. The van der Waals surface area contributed by atoms with Crippen LogP contribution in [0.3, 0.4) is 0 Å². The molecule has 1 aliphatic heterocycles. The number of nitrogens with zero attached hydrogens (tertiary/aromatic N) is 1. The second-order valence-electron chi connectivity index (χ2n) is 3.18. The van der Waals surface area contributed by atoms with Crippen molar-refractivity contribution in [2.24, 2.45) is 5.84 Å². The van der Waals surface area contributed by atoms with Crippen molar-refractivity contribution in [3.05, 3.63) is 0 Å². The van der Waals surface area contributed by atoms with Gasteiger partial charge in [0.05, 0.1) is 0 Å². The molecule has 1 atom stereocenters. The minimum Gasteiger partial charge on any atom is -0.269 e. The molecule has 0 bridgehead atoms. The lowest BCUT2D eigenvalue weighted by atomic mass is 10.0. The zero-order valence-electron chi connectivity index (χ0n) is 6.84. The van der Waals surface area contributed by atoms with E-state index in [0.717, 1.165) is 6.54 Å². The van der Waals surface area contributed by atoms with E-state index in [2.05, 4.69) is 6.92 Å². The molecule has 1 heterocycles. The first-order valence-electron chi connectivity index (χ1n) is 4.36. The Bertz CT molecular complexity index is 91.3. The molecule has 60 valence electrons. The number of piperidine rings is 1. The van der Waals surface area contributed by atoms with Crippen LogP contribution in [0.4, 0.5) is 0 Å². The van der Waals surface area contributed by atoms with Gasteiger partial charge in [-0.05, 0) is 19.3 Å².